The summed E-state index contributed by atoms with van der Waals surface area (Å²) < 4.78 is 32.1. The summed E-state index contributed by atoms with van der Waals surface area (Å²) in [4.78, 5) is 37.7. The lowest BCUT2D eigenvalue weighted by Crippen LogP contribution is -2.40. The van der Waals surface area contributed by atoms with E-state index in [1.54, 1.807) is 51.1 Å². The van der Waals surface area contributed by atoms with E-state index >= 15 is 0 Å². The molecule has 0 bridgehead atoms. The molecule has 0 unspecified atom stereocenters. The minimum Gasteiger partial charge on any atom is -0.459 e. The molecule has 2 rings (SSSR count). The SMILES string of the molecule is C[C@H](NC(=O)Cc1cc(F)cc(F)c1)C(=O)C[C@H](C(=O)OC(C)(C)C)c1ccccc1. The second-order valence-corrected chi connectivity index (χ2v) is 8.41. The monoisotopic (exact) mass is 431 g/mol. The first-order valence-electron chi connectivity index (χ1n) is 9.99. The molecule has 7 heteroatoms. The Morgan fingerprint density at radius 2 is 1.58 bits per heavy atom. The molecule has 2 aromatic carbocycles. The van der Waals surface area contributed by atoms with Crippen molar-refractivity contribution < 1.29 is 27.9 Å². The van der Waals surface area contributed by atoms with Crippen LogP contribution in [0.15, 0.2) is 48.5 Å². The van der Waals surface area contributed by atoms with Crippen LogP contribution in [0.2, 0.25) is 0 Å². The van der Waals surface area contributed by atoms with E-state index < -0.39 is 41.1 Å². The molecule has 1 amide bonds. The van der Waals surface area contributed by atoms with Crippen LogP contribution < -0.4 is 5.32 Å². The Morgan fingerprint density at radius 1 is 1.00 bits per heavy atom. The zero-order chi connectivity index (χ0) is 23.2. The third kappa shape index (κ3) is 7.92. The summed E-state index contributed by atoms with van der Waals surface area (Å²) in [7, 11) is 0. The number of amides is 1. The van der Waals surface area contributed by atoms with Gasteiger partial charge in [0.1, 0.15) is 17.2 Å². The Labute approximate surface area is 180 Å². The fraction of sp³-hybridized carbons (Fsp3) is 0.375. The zero-order valence-corrected chi connectivity index (χ0v) is 18.1. The molecule has 0 aliphatic carbocycles. The molecule has 5 nitrogen and oxygen atoms in total. The standard InChI is InChI=1S/C24H27F2NO4/c1-15(27-22(29)12-16-10-18(25)13-19(26)11-16)21(28)14-20(17-8-6-5-7-9-17)23(30)31-24(2,3)4/h5-11,13,15,20H,12,14H2,1-4H3,(H,27,29)/t15-,20-/m0/s1. The van der Waals surface area contributed by atoms with E-state index in [1.807, 2.05) is 0 Å². The topological polar surface area (TPSA) is 72.5 Å². The largest absolute Gasteiger partial charge is 0.459 e. The smallest absolute Gasteiger partial charge is 0.314 e. The van der Waals surface area contributed by atoms with Gasteiger partial charge >= 0.3 is 5.97 Å². The number of rotatable bonds is 8. The van der Waals surface area contributed by atoms with Gasteiger partial charge in [0.15, 0.2) is 5.78 Å². The third-order valence-corrected chi connectivity index (χ3v) is 4.45. The van der Waals surface area contributed by atoms with Crippen molar-refractivity contribution in [3.05, 3.63) is 71.3 Å². The molecule has 0 heterocycles. The van der Waals surface area contributed by atoms with Crippen LogP contribution in [-0.2, 0) is 25.5 Å². The number of hydrogen-bond donors (Lipinski definition) is 1. The van der Waals surface area contributed by atoms with Crippen molar-refractivity contribution in [3.63, 3.8) is 0 Å². The minimum absolute atomic E-state index is 0.158. The quantitative estimate of drug-likeness (QED) is 0.639. The van der Waals surface area contributed by atoms with Crippen LogP contribution in [0, 0.1) is 11.6 Å². The third-order valence-electron chi connectivity index (χ3n) is 4.45. The van der Waals surface area contributed by atoms with Gasteiger partial charge in [-0.1, -0.05) is 30.3 Å². The van der Waals surface area contributed by atoms with Crippen LogP contribution in [-0.4, -0.2) is 29.3 Å². The van der Waals surface area contributed by atoms with Crippen molar-refractivity contribution >= 4 is 17.7 Å². The Morgan fingerprint density at radius 3 is 2.13 bits per heavy atom. The first-order valence-corrected chi connectivity index (χ1v) is 9.99. The van der Waals surface area contributed by atoms with Gasteiger partial charge < -0.3 is 10.1 Å². The molecule has 0 saturated heterocycles. The Balaban J connectivity index is 2.06. The number of ether oxygens (including phenoxy) is 1. The van der Waals surface area contributed by atoms with E-state index in [9.17, 15) is 23.2 Å². The number of Topliss-reactive ketones (excluding diaryl/α,β-unsaturated/α-hetero) is 1. The van der Waals surface area contributed by atoms with Crippen molar-refractivity contribution in [2.75, 3.05) is 0 Å². The normalized spacial score (nSPS) is 13.2. The van der Waals surface area contributed by atoms with E-state index in [0.29, 0.717) is 11.6 Å². The summed E-state index contributed by atoms with van der Waals surface area (Å²) in [5, 5.41) is 2.53. The van der Waals surface area contributed by atoms with Crippen molar-refractivity contribution in [1.82, 2.24) is 5.32 Å². The summed E-state index contributed by atoms with van der Waals surface area (Å²) in [5.74, 6) is -3.83. The zero-order valence-electron chi connectivity index (χ0n) is 18.1. The lowest BCUT2D eigenvalue weighted by Gasteiger charge is -2.24. The summed E-state index contributed by atoms with van der Waals surface area (Å²) >= 11 is 0. The molecule has 0 saturated carbocycles. The van der Waals surface area contributed by atoms with Crippen LogP contribution in [0.3, 0.4) is 0 Å². The average Bonchev–Trinajstić information content (AvgIpc) is 2.64. The number of carbonyl (C=O) groups is 3. The number of ketones is 1. The molecular formula is C24H27F2NO4. The van der Waals surface area contributed by atoms with Gasteiger partial charge in [-0.2, -0.15) is 0 Å². The van der Waals surface area contributed by atoms with Crippen molar-refractivity contribution in [2.24, 2.45) is 0 Å². The van der Waals surface area contributed by atoms with Crippen LogP contribution in [0.4, 0.5) is 8.78 Å². The maximum Gasteiger partial charge on any atom is 0.314 e. The Bertz CT molecular complexity index is 918. The predicted octanol–water partition coefficient (Wildman–Crippen LogP) is 4.10. The van der Waals surface area contributed by atoms with Gasteiger partial charge in [0, 0.05) is 12.5 Å². The van der Waals surface area contributed by atoms with Gasteiger partial charge in [-0.25, -0.2) is 8.78 Å². The van der Waals surface area contributed by atoms with Crippen LogP contribution in [0.5, 0.6) is 0 Å². The molecule has 0 spiro atoms. The highest BCUT2D eigenvalue weighted by molar-refractivity contribution is 5.93. The maximum atomic E-state index is 13.3. The van der Waals surface area contributed by atoms with E-state index in [-0.39, 0.29) is 24.2 Å². The van der Waals surface area contributed by atoms with Gasteiger partial charge in [-0.3, -0.25) is 14.4 Å². The molecule has 0 radical (unpaired) electrons. The minimum atomic E-state index is -0.889. The number of hydrogen-bond acceptors (Lipinski definition) is 4. The molecule has 0 aromatic heterocycles. The fourth-order valence-electron chi connectivity index (χ4n) is 3.04. The maximum absolute atomic E-state index is 13.3. The van der Waals surface area contributed by atoms with Gasteiger partial charge in [0.05, 0.1) is 18.4 Å². The molecular weight excluding hydrogens is 404 g/mol. The molecule has 166 valence electrons. The van der Waals surface area contributed by atoms with Crippen LogP contribution in [0.1, 0.15) is 51.2 Å². The van der Waals surface area contributed by atoms with E-state index in [2.05, 4.69) is 5.32 Å². The Hall–Kier alpha value is -3.09. The molecule has 0 aliphatic rings. The van der Waals surface area contributed by atoms with Gasteiger partial charge in [0.2, 0.25) is 5.91 Å². The molecule has 1 N–H and O–H groups in total. The van der Waals surface area contributed by atoms with Crippen molar-refractivity contribution in [1.29, 1.82) is 0 Å². The average molecular weight is 431 g/mol. The number of nitrogens with one attached hydrogen (secondary N) is 1. The fourth-order valence-corrected chi connectivity index (χ4v) is 3.04. The summed E-state index contributed by atoms with van der Waals surface area (Å²) in [6.45, 7) is 6.73. The van der Waals surface area contributed by atoms with Crippen molar-refractivity contribution in [3.8, 4) is 0 Å². The van der Waals surface area contributed by atoms with Crippen LogP contribution in [0.25, 0.3) is 0 Å². The molecule has 2 aromatic rings. The summed E-state index contributed by atoms with van der Waals surface area (Å²) in [6, 6.07) is 10.8. The molecule has 31 heavy (non-hydrogen) atoms. The molecule has 0 fully saturated rings. The number of carbonyl (C=O) groups excluding carboxylic acids is 3. The highest BCUT2D eigenvalue weighted by atomic mass is 19.1. The highest BCUT2D eigenvalue weighted by Crippen LogP contribution is 2.25. The number of esters is 1. The van der Waals surface area contributed by atoms with Gasteiger partial charge in [-0.15, -0.1) is 0 Å². The summed E-state index contributed by atoms with van der Waals surface area (Å²) in [6.07, 6.45) is -0.435. The highest BCUT2D eigenvalue weighted by Gasteiger charge is 2.30. The number of benzene rings is 2. The molecule has 0 aliphatic heterocycles. The summed E-state index contributed by atoms with van der Waals surface area (Å²) in [5.41, 5.74) is 0.0807. The first-order chi connectivity index (χ1) is 14.4. The van der Waals surface area contributed by atoms with Crippen molar-refractivity contribution in [2.45, 2.75) is 58.1 Å². The second-order valence-electron chi connectivity index (χ2n) is 8.41. The van der Waals surface area contributed by atoms with E-state index in [4.69, 9.17) is 4.74 Å². The Kier molecular flexibility index (Phi) is 8.02. The second kappa shape index (κ2) is 10.3. The lowest BCUT2D eigenvalue weighted by molar-refractivity contribution is -0.157. The predicted molar refractivity (Wildman–Crippen MR) is 112 cm³/mol. The number of halogens is 2. The van der Waals surface area contributed by atoms with E-state index in [0.717, 1.165) is 12.1 Å². The van der Waals surface area contributed by atoms with Gasteiger partial charge in [0.25, 0.3) is 0 Å². The van der Waals surface area contributed by atoms with Gasteiger partial charge in [-0.05, 0) is 51.0 Å². The lowest BCUT2D eigenvalue weighted by atomic mass is 9.91. The van der Waals surface area contributed by atoms with E-state index in [1.165, 1.54) is 6.92 Å². The van der Waals surface area contributed by atoms with Crippen LogP contribution >= 0.6 is 0 Å². The first kappa shape index (κ1) is 24.2. The molecule has 2 atom stereocenters.